The van der Waals surface area contributed by atoms with E-state index in [2.05, 4.69) is 0 Å². The van der Waals surface area contributed by atoms with Gasteiger partial charge in [0, 0.05) is 0 Å². The molecule has 7 heavy (non-hydrogen) atoms. The van der Waals surface area contributed by atoms with Crippen molar-refractivity contribution in [3.63, 3.8) is 0 Å². The number of phosphoric acid groups is 1. The van der Waals surface area contributed by atoms with E-state index in [1.54, 1.807) is 0 Å². The van der Waals surface area contributed by atoms with E-state index < -0.39 is 7.82 Å². The zero-order valence-electron chi connectivity index (χ0n) is 3.14. The standard InChI is InChI=1S/Al.H3O4P.O/c;1-5(2,3)4;/h;(H3,1,2,3,4);/q+3;;-2/p-1. The van der Waals surface area contributed by atoms with Crippen molar-refractivity contribution in [3.05, 3.63) is 0 Å². The van der Waals surface area contributed by atoms with Crippen molar-refractivity contribution in [2.24, 2.45) is 0 Å². The van der Waals surface area contributed by atoms with Gasteiger partial charge in [0.2, 0.25) is 0 Å². The van der Waals surface area contributed by atoms with E-state index in [4.69, 9.17) is 19.2 Å². The molecule has 0 amide bonds. The van der Waals surface area contributed by atoms with E-state index in [0.717, 1.165) is 0 Å². The third-order valence-corrected chi connectivity index (χ3v) is 0. The summed E-state index contributed by atoms with van der Waals surface area (Å²) in [5.41, 5.74) is 0. The van der Waals surface area contributed by atoms with Gasteiger partial charge in [-0.3, -0.25) is 4.57 Å². The normalized spacial score (nSPS) is 8.43. The molecule has 40 valence electrons. The first-order valence-electron chi connectivity index (χ1n) is 0.765. The van der Waals surface area contributed by atoms with E-state index >= 15 is 0 Å². The molecule has 5 nitrogen and oxygen atoms in total. The average molecular weight is 140 g/mol. The van der Waals surface area contributed by atoms with Crippen LogP contribution in [0.5, 0.6) is 0 Å². The molecule has 0 aromatic rings. The summed E-state index contributed by atoms with van der Waals surface area (Å²) >= 11 is 0. The maximum absolute atomic E-state index is 8.77. The van der Waals surface area contributed by atoms with E-state index in [-0.39, 0.29) is 22.8 Å². The van der Waals surface area contributed by atoms with Crippen LogP contribution < -0.4 is 4.89 Å². The van der Waals surface area contributed by atoms with Crippen LogP contribution in [0, 0.1) is 0 Å². The zero-order chi connectivity index (χ0) is 4.50. The average Bonchev–Trinajstić information content (AvgIpc) is 0.722. The monoisotopic (exact) mass is 140 g/mol. The quantitative estimate of drug-likeness (QED) is 0.297. The Bertz CT molecular complexity index is 54.2. The molecule has 0 heterocycles. The van der Waals surface area contributed by atoms with Crippen LogP contribution in [-0.4, -0.2) is 27.1 Å². The molecule has 0 bridgehead atoms. The predicted molar refractivity (Wildman–Crippen MR) is 18.5 cm³/mol. The van der Waals surface area contributed by atoms with Crippen molar-refractivity contribution >= 4 is 25.2 Å². The first-order chi connectivity index (χ1) is 2.00. The molecule has 0 aromatic carbocycles. The molecule has 0 aliphatic carbocycles. The topological polar surface area (TPSA) is 109 Å². The fraction of sp³-hybridized carbons (Fsp3) is 0. The van der Waals surface area contributed by atoms with Crippen LogP contribution in [0.15, 0.2) is 0 Å². The summed E-state index contributed by atoms with van der Waals surface area (Å²) in [5, 5.41) is 0. The van der Waals surface area contributed by atoms with Gasteiger partial charge in [-0.2, -0.15) is 0 Å². The predicted octanol–water partition coefficient (Wildman–Crippen LogP) is -2.06. The molecule has 0 aliphatic heterocycles. The maximum Gasteiger partial charge on any atom is 3.00 e. The van der Waals surface area contributed by atoms with Crippen LogP contribution in [0.2, 0.25) is 0 Å². The number of hydrogen-bond donors (Lipinski definition) is 2. The molecule has 0 radical (unpaired) electrons. The minimum atomic E-state index is -4.89. The third kappa shape index (κ3) is 385. The van der Waals surface area contributed by atoms with Crippen molar-refractivity contribution < 1.29 is 24.7 Å². The van der Waals surface area contributed by atoms with Crippen LogP contribution in [0.4, 0.5) is 0 Å². The molecule has 0 atom stereocenters. The molecular weight excluding hydrogens is 138 g/mol. The van der Waals surface area contributed by atoms with Crippen LogP contribution in [0.1, 0.15) is 0 Å². The Labute approximate surface area is 50.7 Å². The van der Waals surface area contributed by atoms with Gasteiger partial charge in [0.15, 0.2) is 0 Å². The Balaban J connectivity index is -0.0000000800. The number of rotatable bonds is 0. The molecule has 0 saturated heterocycles. The summed E-state index contributed by atoms with van der Waals surface area (Å²) in [4.78, 5) is 22.9. The summed E-state index contributed by atoms with van der Waals surface area (Å²) in [6, 6.07) is 0. The zero-order valence-corrected chi connectivity index (χ0v) is 5.19. The molecule has 0 saturated carbocycles. The summed E-state index contributed by atoms with van der Waals surface area (Å²) in [6.07, 6.45) is 0. The molecule has 0 fully saturated rings. The fourth-order valence-corrected chi connectivity index (χ4v) is 0. The Kier molecular flexibility index (Phi) is 10.6. The number of hydrogen-bond acceptors (Lipinski definition) is 2. The summed E-state index contributed by atoms with van der Waals surface area (Å²) in [6.45, 7) is 0. The molecule has 0 aliphatic rings. The molecule has 2 N–H and O–H groups in total. The van der Waals surface area contributed by atoms with Crippen molar-refractivity contribution in [2.75, 3.05) is 0 Å². The van der Waals surface area contributed by atoms with Crippen molar-refractivity contribution in [1.29, 1.82) is 0 Å². The van der Waals surface area contributed by atoms with Gasteiger partial charge in [-0.05, 0) is 0 Å². The fourth-order valence-electron chi connectivity index (χ4n) is 0. The Morgan fingerprint density at radius 1 is 1.43 bits per heavy atom. The minimum absolute atomic E-state index is 0. The van der Waals surface area contributed by atoms with Crippen LogP contribution in [0.25, 0.3) is 0 Å². The van der Waals surface area contributed by atoms with Crippen molar-refractivity contribution in [2.45, 2.75) is 0 Å². The molecule has 0 aromatic heterocycles. The van der Waals surface area contributed by atoms with Crippen LogP contribution in [0.3, 0.4) is 0 Å². The van der Waals surface area contributed by atoms with Gasteiger partial charge >= 0.3 is 17.4 Å². The van der Waals surface area contributed by atoms with Gasteiger partial charge in [-0.15, -0.1) is 0 Å². The second-order valence-corrected chi connectivity index (χ2v) is 1.47. The third-order valence-electron chi connectivity index (χ3n) is 0. The molecular formula is H2AlO5P. The van der Waals surface area contributed by atoms with Gasteiger partial charge < -0.3 is 20.2 Å². The Morgan fingerprint density at radius 2 is 1.43 bits per heavy atom. The van der Waals surface area contributed by atoms with E-state index in [1.807, 2.05) is 0 Å². The van der Waals surface area contributed by atoms with E-state index in [0.29, 0.717) is 0 Å². The first-order valence-corrected chi connectivity index (χ1v) is 2.30. The molecule has 0 spiro atoms. The molecule has 0 rings (SSSR count). The minimum Gasteiger partial charge on any atom is -2.00 e. The van der Waals surface area contributed by atoms with Crippen LogP contribution >= 0.6 is 7.82 Å². The van der Waals surface area contributed by atoms with Crippen LogP contribution in [-0.2, 0) is 10.0 Å². The molecule has 7 heteroatoms. The summed E-state index contributed by atoms with van der Waals surface area (Å²) < 4.78 is 8.77. The Hall–Kier alpha value is 0.602. The largest absolute Gasteiger partial charge is 3.00 e. The van der Waals surface area contributed by atoms with Gasteiger partial charge in [0.05, 0.1) is 0 Å². The van der Waals surface area contributed by atoms with Crippen molar-refractivity contribution in [1.82, 2.24) is 0 Å². The van der Waals surface area contributed by atoms with E-state index in [1.165, 1.54) is 0 Å². The van der Waals surface area contributed by atoms with Gasteiger partial charge in [-0.1, -0.05) is 0 Å². The second-order valence-electron chi connectivity index (χ2n) is 0.491. The van der Waals surface area contributed by atoms with Gasteiger partial charge in [0.25, 0.3) is 7.82 Å². The van der Waals surface area contributed by atoms with Crippen molar-refractivity contribution in [3.8, 4) is 0 Å². The SMILES string of the molecule is O=P([O-])(O)O.[Al+3].[O-2]. The van der Waals surface area contributed by atoms with E-state index in [9.17, 15) is 0 Å². The summed E-state index contributed by atoms with van der Waals surface area (Å²) in [5.74, 6) is 0. The summed E-state index contributed by atoms with van der Waals surface area (Å²) in [7, 11) is -4.89. The molecule has 0 unspecified atom stereocenters. The van der Waals surface area contributed by atoms with Gasteiger partial charge in [0.1, 0.15) is 0 Å². The van der Waals surface area contributed by atoms with Gasteiger partial charge in [-0.25, -0.2) is 0 Å². The first kappa shape index (κ1) is 15.6. The second kappa shape index (κ2) is 4.75. The smallest absolute Gasteiger partial charge is 2.00 e. The Morgan fingerprint density at radius 3 is 1.43 bits per heavy atom. The maximum atomic E-state index is 8.77.